The molecule has 3 N–H and O–H groups in total. The summed E-state index contributed by atoms with van der Waals surface area (Å²) in [7, 11) is 0. The van der Waals surface area contributed by atoms with E-state index >= 15 is 0 Å². The van der Waals surface area contributed by atoms with Crippen LogP contribution in [-0.4, -0.2) is 47.4 Å². The molecule has 170 valence electrons. The van der Waals surface area contributed by atoms with Gasteiger partial charge in [0, 0.05) is 17.0 Å². The minimum absolute atomic E-state index is 0.105. The van der Waals surface area contributed by atoms with E-state index in [2.05, 4.69) is 16.0 Å². The van der Waals surface area contributed by atoms with Crippen LogP contribution in [0.2, 0.25) is 0 Å². The summed E-state index contributed by atoms with van der Waals surface area (Å²) in [5.41, 5.74) is 0.741. The molecule has 0 spiro atoms. The van der Waals surface area contributed by atoms with Gasteiger partial charge < -0.3 is 15.5 Å². The van der Waals surface area contributed by atoms with Gasteiger partial charge in [0.1, 0.15) is 12.1 Å². The van der Waals surface area contributed by atoms with Gasteiger partial charge in [0.05, 0.1) is 6.17 Å². The first kappa shape index (κ1) is 22.3. The fraction of sp³-hybridized carbons (Fsp3) is 0.480. The molecule has 4 atom stereocenters. The number of carbonyl (C=O) groups excluding carboxylic acids is 3. The van der Waals surface area contributed by atoms with E-state index in [0.717, 1.165) is 35.8 Å². The van der Waals surface area contributed by atoms with Crippen molar-refractivity contribution in [1.82, 2.24) is 15.5 Å². The maximum atomic E-state index is 13.5. The molecule has 2 aliphatic heterocycles. The lowest BCUT2D eigenvalue weighted by atomic mass is 10.0. The van der Waals surface area contributed by atoms with E-state index in [-0.39, 0.29) is 29.8 Å². The summed E-state index contributed by atoms with van der Waals surface area (Å²) < 4.78 is 0. The predicted octanol–water partition coefficient (Wildman–Crippen LogP) is 3.01. The second-order valence-corrected chi connectivity index (χ2v) is 8.84. The molecule has 2 saturated heterocycles. The topological polar surface area (TPSA) is 90.5 Å². The fourth-order valence-electron chi connectivity index (χ4n) is 4.64. The number of fused-ring (bicyclic) bond motifs is 2. The lowest BCUT2D eigenvalue weighted by molar-refractivity contribution is -0.143. The molecule has 0 saturated carbocycles. The van der Waals surface area contributed by atoms with Crippen LogP contribution in [0.1, 0.15) is 46.0 Å². The highest BCUT2D eigenvalue weighted by Crippen LogP contribution is 2.29. The second kappa shape index (κ2) is 9.69. The van der Waals surface area contributed by atoms with Crippen molar-refractivity contribution >= 4 is 34.2 Å². The third-order valence-electron chi connectivity index (χ3n) is 6.71. The summed E-state index contributed by atoms with van der Waals surface area (Å²) in [6.07, 6.45) is 3.20. The second-order valence-electron chi connectivity index (χ2n) is 8.84. The molecule has 0 aromatic heterocycles. The summed E-state index contributed by atoms with van der Waals surface area (Å²) in [4.78, 5) is 41.0. The van der Waals surface area contributed by atoms with Crippen LogP contribution in [-0.2, 0) is 14.4 Å². The molecular formula is C25H32N4O3. The Morgan fingerprint density at radius 2 is 1.91 bits per heavy atom. The fourth-order valence-corrected chi connectivity index (χ4v) is 4.64. The van der Waals surface area contributed by atoms with Gasteiger partial charge in [-0.3, -0.25) is 19.7 Å². The normalized spacial score (nSPS) is 24.4. The number of amides is 3. The Morgan fingerprint density at radius 3 is 2.72 bits per heavy atom. The molecule has 0 aliphatic carbocycles. The van der Waals surface area contributed by atoms with Crippen LogP contribution in [0.3, 0.4) is 0 Å². The monoisotopic (exact) mass is 436 g/mol. The summed E-state index contributed by atoms with van der Waals surface area (Å²) >= 11 is 0. The zero-order valence-corrected chi connectivity index (χ0v) is 18.8. The van der Waals surface area contributed by atoms with Crippen molar-refractivity contribution in [3.63, 3.8) is 0 Å². The molecule has 0 radical (unpaired) electrons. The van der Waals surface area contributed by atoms with Gasteiger partial charge in [0.2, 0.25) is 17.7 Å². The maximum absolute atomic E-state index is 13.5. The number of anilines is 1. The van der Waals surface area contributed by atoms with Crippen molar-refractivity contribution in [3.8, 4) is 0 Å². The highest BCUT2D eigenvalue weighted by molar-refractivity contribution is 6.05. The van der Waals surface area contributed by atoms with Gasteiger partial charge in [-0.1, -0.05) is 50.2 Å². The van der Waals surface area contributed by atoms with E-state index in [1.165, 1.54) is 0 Å². The Kier molecular flexibility index (Phi) is 6.74. The minimum atomic E-state index is -0.591. The molecule has 2 unspecified atom stereocenters. The molecule has 2 fully saturated rings. The number of carbonyl (C=O) groups is 3. The molecule has 0 bridgehead atoms. The average Bonchev–Trinajstić information content (AvgIpc) is 3.22. The largest absolute Gasteiger partial charge is 0.344 e. The molecule has 2 aromatic rings. The molecule has 7 nitrogen and oxygen atoms in total. The van der Waals surface area contributed by atoms with Crippen molar-refractivity contribution in [2.75, 3.05) is 11.9 Å². The molecule has 32 heavy (non-hydrogen) atoms. The average molecular weight is 437 g/mol. The van der Waals surface area contributed by atoms with Crippen LogP contribution in [0.5, 0.6) is 0 Å². The lowest BCUT2D eigenvalue weighted by Gasteiger charge is -2.35. The molecule has 3 amide bonds. The van der Waals surface area contributed by atoms with E-state index in [9.17, 15) is 14.4 Å². The first-order chi connectivity index (χ1) is 15.5. The van der Waals surface area contributed by atoms with Crippen LogP contribution in [0.25, 0.3) is 10.8 Å². The van der Waals surface area contributed by atoms with Crippen molar-refractivity contribution in [3.05, 3.63) is 42.5 Å². The zero-order valence-electron chi connectivity index (χ0n) is 18.8. The molecule has 2 aromatic carbocycles. The number of nitrogens with zero attached hydrogens (tertiary/aromatic N) is 1. The predicted molar refractivity (Wildman–Crippen MR) is 125 cm³/mol. The van der Waals surface area contributed by atoms with Gasteiger partial charge >= 0.3 is 0 Å². The zero-order chi connectivity index (χ0) is 22.7. The number of rotatable bonds is 5. The maximum Gasteiger partial charge on any atom is 0.247 e. The molecule has 4 rings (SSSR count). The summed E-state index contributed by atoms with van der Waals surface area (Å²) in [6, 6.07) is 12.5. The van der Waals surface area contributed by atoms with Gasteiger partial charge in [-0.15, -0.1) is 0 Å². The van der Waals surface area contributed by atoms with Crippen molar-refractivity contribution in [2.24, 2.45) is 5.92 Å². The Morgan fingerprint density at radius 1 is 1.12 bits per heavy atom. The standard InChI is InChI=1S/C25H32N4O3/c1-3-16(2)23(30)28-20-12-7-15-26-22-14-13-21(29(22)25(20)32)24(31)27-19-11-6-9-17-8-4-5-10-18(17)19/h4-6,8-11,16,20-22,26H,3,7,12-15H2,1-2H3,(H,27,31)(H,28,30)/t16-,20+,21?,22?/m1/s1. The van der Waals surface area contributed by atoms with Gasteiger partial charge in [-0.2, -0.15) is 0 Å². The van der Waals surface area contributed by atoms with Crippen LogP contribution < -0.4 is 16.0 Å². The molecular weight excluding hydrogens is 404 g/mol. The van der Waals surface area contributed by atoms with Gasteiger partial charge in [-0.05, 0) is 50.1 Å². The van der Waals surface area contributed by atoms with Crippen molar-refractivity contribution < 1.29 is 14.4 Å². The highest BCUT2D eigenvalue weighted by atomic mass is 16.2. The van der Waals surface area contributed by atoms with Gasteiger partial charge in [-0.25, -0.2) is 0 Å². The number of nitrogens with one attached hydrogen (secondary N) is 3. The van der Waals surface area contributed by atoms with Crippen LogP contribution >= 0.6 is 0 Å². The molecule has 7 heteroatoms. The summed E-state index contributed by atoms with van der Waals surface area (Å²) in [5.74, 6) is -0.612. The molecule has 2 heterocycles. The quantitative estimate of drug-likeness (QED) is 0.672. The summed E-state index contributed by atoms with van der Waals surface area (Å²) in [5, 5.41) is 11.4. The van der Waals surface area contributed by atoms with Gasteiger partial charge in [0.15, 0.2) is 0 Å². The minimum Gasteiger partial charge on any atom is -0.344 e. The van der Waals surface area contributed by atoms with Crippen molar-refractivity contribution in [1.29, 1.82) is 0 Å². The Labute approximate surface area is 188 Å². The van der Waals surface area contributed by atoms with E-state index < -0.39 is 12.1 Å². The van der Waals surface area contributed by atoms with E-state index in [0.29, 0.717) is 19.3 Å². The van der Waals surface area contributed by atoms with E-state index in [1.54, 1.807) is 4.90 Å². The first-order valence-corrected chi connectivity index (χ1v) is 11.6. The van der Waals surface area contributed by atoms with Crippen LogP contribution in [0.4, 0.5) is 5.69 Å². The van der Waals surface area contributed by atoms with E-state index in [1.807, 2.05) is 56.3 Å². The Bertz CT molecular complexity index is 1000. The SMILES string of the molecule is CC[C@@H](C)C(=O)N[C@H]1CCCNC2CCC(C(=O)Nc3cccc4ccccc34)N2C1=O. The molecule has 2 aliphatic rings. The van der Waals surface area contributed by atoms with E-state index in [4.69, 9.17) is 0 Å². The van der Waals surface area contributed by atoms with Crippen LogP contribution in [0, 0.1) is 5.92 Å². The van der Waals surface area contributed by atoms with Gasteiger partial charge in [0.25, 0.3) is 0 Å². The summed E-state index contributed by atoms with van der Waals surface area (Å²) in [6.45, 7) is 4.57. The number of hydrogen-bond donors (Lipinski definition) is 3. The Balaban J connectivity index is 1.54. The highest BCUT2D eigenvalue weighted by Gasteiger charge is 2.44. The first-order valence-electron chi connectivity index (χ1n) is 11.6. The lowest BCUT2D eigenvalue weighted by Crippen LogP contribution is -2.59. The van der Waals surface area contributed by atoms with Crippen molar-refractivity contribution in [2.45, 2.75) is 64.2 Å². The number of hydrogen-bond acceptors (Lipinski definition) is 4. The third-order valence-corrected chi connectivity index (χ3v) is 6.71. The number of benzene rings is 2. The third kappa shape index (κ3) is 4.48. The van der Waals surface area contributed by atoms with Crippen LogP contribution in [0.15, 0.2) is 42.5 Å². The Hall–Kier alpha value is -2.93. The smallest absolute Gasteiger partial charge is 0.247 e.